The Hall–Kier alpha value is -3.76. The van der Waals surface area contributed by atoms with Crippen molar-refractivity contribution >= 4 is 35.0 Å². The maximum atomic E-state index is 13.0. The van der Waals surface area contributed by atoms with Gasteiger partial charge in [0, 0.05) is 37.3 Å². The Kier molecular flexibility index (Phi) is 5.64. The molecule has 0 radical (unpaired) electrons. The van der Waals surface area contributed by atoms with Crippen molar-refractivity contribution in [3.63, 3.8) is 0 Å². The Morgan fingerprint density at radius 1 is 1.25 bits per heavy atom. The standard InChI is InChI=1S/C21H24N6O5/c1-11-6-12(2)10-26(9-11)21-24-18-17(20(30)25-21)15(8-16(28)23-18)19(29)22-13-4-3-5-14(7-13)27(31)32/h3-5,7,11-12,15H,6,8-10H2,1-2H3,(H,22,29)(H2,23,24,25,28,30). The Labute approximate surface area is 183 Å². The summed E-state index contributed by atoms with van der Waals surface area (Å²) in [6, 6.07) is 5.46. The van der Waals surface area contributed by atoms with Gasteiger partial charge in [-0.3, -0.25) is 29.5 Å². The van der Waals surface area contributed by atoms with Crippen LogP contribution in [0.3, 0.4) is 0 Å². The summed E-state index contributed by atoms with van der Waals surface area (Å²) in [7, 11) is 0. The fourth-order valence-electron chi connectivity index (χ4n) is 4.50. The number of hydrogen-bond donors (Lipinski definition) is 3. The molecule has 1 aromatic heterocycles. The number of non-ortho nitro benzene ring substituents is 1. The summed E-state index contributed by atoms with van der Waals surface area (Å²) in [5.41, 5.74) is -0.391. The first kappa shape index (κ1) is 21.5. The van der Waals surface area contributed by atoms with E-state index in [-0.39, 0.29) is 29.2 Å². The zero-order valence-electron chi connectivity index (χ0n) is 17.8. The molecule has 3 unspecified atom stereocenters. The molecule has 0 bridgehead atoms. The first-order valence-corrected chi connectivity index (χ1v) is 10.5. The van der Waals surface area contributed by atoms with E-state index in [0.29, 0.717) is 17.8 Å². The zero-order chi connectivity index (χ0) is 23.0. The summed E-state index contributed by atoms with van der Waals surface area (Å²) in [6.07, 6.45) is 0.859. The molecule has 1 aromatic carbocycles. The van der Waals surface area contributed by atoms with Crippen molar-refractivity contribution < 1.29 is 14.5 Å². The Morgan fingerprint density at radius 2 is 1.97 bits per heavy atom. The van der Waals surface area contributed by atoms with E-state index in [1.165, 1.54) is 24.3 Å². The number of H-pyrrole nitrogens is 1. The lowest BCUT2D eigenvalue weighted by atomic mass is 9.91. The van der Waals surface area contributed by atoms with Gasteiger partial charge in [0.15, 0.2) is 0 Å². The lowest BCUT2D eigenvalue weighted by Gasteiger charge is -2.35. The van der Waals surface area contributed by atoms with Gasteiger partial charge in [0.05, 0.1) is 16.4 Å². The second kappa shape index (κ2) is 8.40. The molecule has 4 rings (SSSR count). The predicted octanol–water partition coefficient (Wildman–Crippen LogP) is 2.22. The van der Waals surface area contributed by atoms with Crippen LogP contribution in [-0.4, -0.2) is 39.8 Å². The van der Waals surface area contributed by atoms with Crippen molar-refractivity contribution in [1.29, 1.82) is 0 Å². The number of piperidine rings is 1. The SMILES string of the molecule is CC1CC(C)CN(c2nc3c(c(=O)[nH]2)C(C(=O)Nc2cccc([N+](=O)[O-])c2)CC(=O)N3)C1. The molecule has 2 aliphatic rings. The van der Waals surface area contributed by atoms with Gasteiger partial charge in [0.25, 0.3) is 11.2 Å². The fourth-order valence-corrected chi connectivity index (χ4v) is 4.50. The van der Waals surface area contributed by atoms with Crippen LogP contribution in [0.1, 0.15) is 38.2 Å². The highest BCUT2D eigenvalue weighted by Gasteiger charge is 2.35. The number of amides is 2. The van der Waals surface area contributed by atoms with Gasteiger partial charge >= 0.3 is 0 Å². The van der Waals surface area contributed by atoms with E-state index in [2.05, 4.69) is 34.4 Å². The number of carbonyl (C=O) groups is 2. The molecule has 1 fully saturated rings. The second-order valence-electron chi connectivity index (χ2n) is 8.60. The van der Waals surface area contributed by atoms with E-state index < -0.39 is 28.2 Å². The third kappa shape index (κ3) is 4.32. The summed E-state index contributed by atoms with van der Waals surface area (Å²) in [5, 5.41) is 16.2. The second-order valence-corrected chi connectivity index (χ2v) is 8.60. The number of fused-ring (bicyclic) bond motifs is 1. The van der Waals surface area contributed by atoms with Gasteiger partial charge in [-0.2, -0.15) is 4.98 Å². The van der Waals surface area contributed by atoms with Crippen LogP contribution in [0, 0.1) is 22.0 Å². The van der Waals surface area contributed by atoms with Gasteiger partial charge in [0.2, 0.25) is 17.8 Å². The molecular weight excluding hydrogens is 416 g/mol. The van der Waals surface area contributed by atoms with E-state index in [1.54, 1.807) is 0 Å². The van der Waals surface area contributed by atoms with Gasteiger partial charge in [-0.15, -0.1) is 0 Å². The van der Waals surface area contributed by atoms with E-state index in [0.717, 1.165) is 19.5 Å². The number of aromatic amines is 1. The van der Waals surface area contributed by atoms with E-state index in [1.807, 2.05) is 4.90 Å². The number of nitrogens with zero attached hydrogens (tertiary/aromatic N) is 3. The molecule has 2 aromatic rings. The maximum absolute atomic E-state index is 13.0. The molecule has 3 heterocycles. The number of nitro groups is 1. The number of nitrogens with one attached hydrogen (secondary N) is 3. The Bertz CT molecular complexity index is 1140. The summed E-state index contributed by atoms with van der Waals surface area (Å²) in [5.74, 6) is -0.797. The van der Waals surface area contributed by atoms with Crippen LogP contribution in [0.2, 0.25) is 0 Å². The summed E-state index contributed by atoms with van der Waals surface area (Å²) >= 11 is 0. The highest BCUT2D eigenvalue weighted by molar-refractivity contribution is 6.04. The van der Waals surface area contributed by atoms with Crippen LogP contribution in [0.25, 0.3) is 0 Å². The van der Waals surface area contributed by atoms with Crippen LogP contribution in [0.5, 0.6) is 0 Å². The molecule has 3 N–H and O–H groups in total. The number of anilines is 3. The number of benzene rings is 1. The number of nitro benzene ring substituents is 1. The molecule has 0 saturated carbocycles. The predicted molar refractivity (Wildman–Crippen MR) is 118 cm³/mol. The molecule has 1 saturated heterocycles. The molecule has 2 amide bonds. The number of aromatic nitrogens is 2. The van der Waals surface area contributed by atoms with E-state index in [9.17, 15) is 24.5 Å². The van der Waals surface area contributed by atoms with E-state index >= 15 is 0 Å². The molecule has 11 nitrogen and oxygen atoms in total. The third-order valence-electron chi connectivity index (χ3n) is 5.75. The molecule has 3 atom stereocenters. The van der Waals surface area contributed by atoms with Crippen LogP contribution in [0.4, 0.5) is 23.1 Å². The minimum absolute atomic E-state index is 0.0741. The smallest absolute Gasteiger partial charge is 0.271 e. The van der Waals surface area contributed by atoms with Crippen molar-refractivity contribution in [1.82, 2.24) is 9.97 Å². The number of rotatable bonds is 4. The van der Waals surface area contributed by atoms with Crippen molar-refractivity contribution in [3.05, 3.63) is 50.3 Å². The Balaban J connectivity index is 1.63. The van der Waals surface area contributed by atoms with Crippen molar-refractivity contribution in [2.75, 3.05) is 28.6 Å². The quantitative estimate of drug-likeness (QED) is 0.487. The minimum Gasteiger partial charge on any atom is -0.342 e. The number of hydrogen-bond acceptors (Lipinski definition) is 7. The van der Waals surface area contributed by atoms with Gasteiger partial charge in [0.1, 0.15) is 5.82 Å². The average molecular weight is 440 g/mol. The largest absolute Gasteiger partial charge is 0.342 e. The zero-order valence-corrected chi connectivity index (χ0v) is 17.8. The van der Waals surface area contributed by atoms with Crippen LogP contribution in [0.15, 0.2) is 29.1 Å². The average Bonchev–Trinajstić information content (AvgIpc) is 2.72. The monoisotopic (exact) mass is 440 g/mol. The molecule has 0 aliphatic carbocycles. The van der Waals surface area contributed by atoms with Crippen molar-refractivity contribution in [3.8, 4) is 0 Å². The molecule has 0 spiro atoms. The lowest BCUT2D eigenvalue weighted by molar-refractivity contribution is -0.384. The highest BCUT2D eigenvalue weighted by Crippen LogP contribution is 2.31. The molecule has 11 heteroatoms. The molecular formula is C21H24N6O5. The summed E-state index contributed by atoms with van der Waals surface area (Å²) < 4.78 is 0. The highest BCUT2D eigenvalue weighted by atomic mass is 16.6. The summed E-state index contributed by atoms with van der Waals surface area (Å²) in [6.45, 7) is 5.73. The fraction of sp³-hybridized carbons (Fsp3) is 0.429. The van der Waals surface area contributed by atoms with Crippen molar-refractivity contribution in [2.45, 2.75) is 32.6 Å². The lowest BCUT2D eigenvalue weighted by Crippen LogP contribution is -2.42. The van der Waals surface area contributed by atoms with Crippen molar-refractivity contribution in [2.24, 2.45) is 11.8 Å². The Morgan fingerprint density at radius 3 is 2.66 bits per heavy atom. The third-order valence-corrected chi connectivity index (χ3v) is 5.75. The minimum atomic E-state index is -1.07. The topological polar surface area (TPSA) is 150 Å². The van der Waals surface area contributed by atoms with Crippen LogP contribution < -0.4 is 21.1 Å². The number of carbonyl (C=O) groups excluding carboxylic acids is 2. The van der Waals surface area contributed by atoms with Gasteiger partial charge < -0.3 is 15.5 Å². The van der Waals surface area contributed by atoms with Gasteiger partial charge in [-0.25, -0.2) is 0 Å². The van der Waals surface area contributed by atoms with Gasteiger partial charge in [-0.05, 0) is 24.3 Å². The normalized spacial score (nSPS) is 22.6. The van der Waals surface area contributed by atoms with Crippen LogP contribution in [-0.2, 0) is 9.59 Å². The van der Waals surface area contributed by atoms with E-state index in [4.69, 9.17) is 0 Å². The van der Waals surface area contributed by atoms with Gasteiger partial charge in [-0.1, -0.05) is 19.9 Å². The first-order valence-electron chi connectivity index (χ1n) is 10.5. The molecule has 2 aliphatic heterocycles. The van der Waals surface area contributed by atoms with Crippen LogP contribution >= 0.6 is 0 Å². The molecule has 168 valence electrons. The maximum Gasteiger partial charge on any atom is 0.271 e. The molecule has 32 heavy (non-hydrogen) atoms. The summed E-state index contributed by atoms with van der Waals surface area (Å²) in [4.78, 5) is 57.8. The first-order chi connectivity index (χ1) is 15.2.